The molecule has 0 unspecified atom stereocenters. The summed E-state index contributed by atoms with van der Waals surface area (Å²) in [5.74, 6) is 2.75. The van der Waals surface area contributed by atoms with E-state index < -0.39 is 5.60 Å². The van der Waals surface area contributed by atoms with Gasteiger partial charge in [0, 0.05) is 12.0 Å². The lowest BCUT2D eigenvalue weighted by Gasteiger charge is -2.60. The lowest BCUT2D eigenvalue weighted by Crippen LogP contribution is -2.57. The average molecular weight is 304 g/mol. The van der Waals surface area contributed by atoms with E-state index >= 15 is 0 Å². The maximum absolute atomic E-state index is 10.9. The topological polar surface area (TPSA) is 40.5 Å². The predicted molar refractivity (Wildman–Crippen MR) is 88.3 cm³/mol. The van der Waals surface area contributed by atoms with Crippen molar-refractivity contribution in [3.63, 3.8) is 0 Å². The molecule has 7 atom stereocenters. The Bertz CT molecular complexity index is 482. The predicted octanol–water partition coefficient (Wildman–Crippen LogP) is 3.92. The normalized spacial score (nSPS) is 57.1. The van der Waals surface area contributed by atoms with Gasteiger partial charge in [0.15, 0.2) is 0 Å². The van der Waals surface area contributed by atoms with Crippen molar-refractivity contribution in [2.45, 2.75) is 70.8 Å². The highest BCUT2D eigenvalue weighted by Gasteiger charge is 2.63. The summed E-state index contributed by atoms with van der Waals surface area (Å²) in [4.78, 5) is 0. The van der Waals surface area contributed by atoms with Gasteiger partial charge in [-0.2, -0.15) is 0 Å². The molecule has 4 aliphatic rings. The summed E-state index contributed by atoms with van der Waals surface area (Å²) in [5, 5.41) is 21.3. The fourth-order valence-corrected chi connectivity index (χ4v) is 7.18. The molecule has 3 saturated carbocycles. The van der Waals surface area contributed by atoms with Crippen molar-refractivity contribution in [2.24, 2.45) is 34.5 Å². The fraction of sp³-hybridized carbons (Fsp3) is 0.900. The van der Waals surface area contributed by atoms with Gasteiger partial charge >= 0.3 is 0 Å². The SMILES string of the molecule is C[C@]1(O)CC[C@H]2[C@@H]3CC[C@H]4CC=CC[C@]4(CO)[C@H]3CC[C@@]21C. The largest absolute Gasteiger partial charge is 0.396 e. The molecule has 0 aromatic carbocycles. The van der Waals surface area contributed by atoms with E-state index in [0.717, 1.165) is 25.2 Å². The second-order valence-corrected chi connectivity index (χ2v) is 9.22. The third kappa shape index (κ3) is 1.74. The molecular formula is C20H32O2. The number of aliphatic hydroxyl groups excluding tert-OH is 1. The monoisotopic (exact) mass is 304 g/mol. The molecule has 4 rings (SSSR count). The van der Waals surface area contributed by atoms with Crippen molar-refractivity contribution in [1.82, 2.24) is 0 Å². The second-order valence-electron chi connectivity index (χ2n) is 9.22. The highest BCUT2D eigenvalue weighted by molar-refractivity contribution is 5.15. The van der Waals surface area contributed by atoms with Crippen LogP contribution in [0, 0.1) is 34.5 Å². The number of hydrogen-bond donors (Lipinski definition) is 2. The summed E-state index contributed by atoms with van der Waals surface area (Å²) < 4.78 is 0. The molecule has 0 bridgehead atoms. The lowest BCUT2D eigenvalue weighted by molar-refractivity contribution is -0.153. The van der Waals surface area contributed by atoms with Gasteiger partial charge < -0.3 is 10.2 Å². The minimum absolute atomic E-state index is 0.0994. The molecule has 124 valence electrons. The van der Waals surface area contributed by atoms with Crippen molar-refractivity contribution in [3.8, 4) is 0 Å². The zero-order valence-electron chi connectivity index (χ0n) is 14.2. The number of aliphatic hydroxyl groups is 2. The van der Waals surface area contributed by atoms with Crippen LogP contribution in [0.15, 0.2) is 12.2 Å². The second kappa shape index (κ2) is 4.83. The highest BCUT2D eigenvalue weighted by Crippen LogP contribution is 2.67. The maximum atomic E-state index is 10.9. The molecule has 2 nitrogen and oxygen atoms in total. The Morgan fingerprint density at radius 1 is 1.00 bits per heavy atom. The highest BCUT2D eigenvalue weighted by atomic mass is 16.3. The third-order valence-corrected chi connectivity index (χ3v) is 8.78. The summed E-state index contributed by atoms with van der Waals surface area (Å²) in [7, 11) is 0. The van der Waals surface area contributed by atoms with E-state index in [1.165, 1.54) is 32.1 Å². The third-order valence-electron chi connectivity index (χ3n) is 8.78. The van der Waals surface area contributed by atoms with Crippen LogP contribution in [0.4, 0.5) is 0 Å². The number of allylic oxidation sites excluding steroid dienone is 2. The van der Waals surface area contributed by atoms with E-state index in [2.05, 4.69) is 26.0 Å². The lowest BCUT2D eigenvalue weighted by atomic mass is 9.45. The Balaban J connectivity index is 1.69. The van der Waals surface area contributed by atoms with Crippen LogP contribution in [0.5, 0.6) is 0 Å². The number of rotatable bonds is 1. The van der Waals surface area contributed by atoms with Gasteiger partial charge in [0.1, 0.15) is 0 Å². The van der Waals surface area contributed by atoms with E-state index in [1.54, 1.807) is 0 Å². The Kier molecular flexibility index (Phi) is 3.34. The molecular weight excluding hydrogens is 272 g/mol. The molecule has 0 radical (unpaired) electrons. The zero-order chi connectivity index (χ0) is 15.6. The van der Waals surface area contributed by atoms with Crippen LogP contribution < -0.4 is 0 Å². The molecule has 0 aliphatic heterocycles. The minimum atomic E-state index is -0.488. The first kappa shape index (κ1) is 15.2. The summed E-state index contributed by atoms with van der Waals surface area (Å²) >= 11 is 0. The Morgan fingerprint density at radius 3 is 2.55 bits per heavy atom. The van der Waals surface area contributed by atoms with Crippen LogP contribution in [-0.2, 0) is 0 Å². The van der Waals surface area contributed by atoms with E-state index in [1.807, 2.05) is 0 Å². The van der Waals surface area contributed by atoms with E-state index in [0.29, 0.717) is 24.4 Å². The molecule has 0 aromatic heterocycles. The van der Waals surface area contributed by atoms with Crippen molar-refractivity contribution in [2.75, 3.05) is 6.61 Å². The molecule has 0 saturated heterocycles. The molecule has 3 fully saturated rings. The van der Waals surface area contributed by atoms with Gasteiger partial charge in [0.05, 0.1) is 5.60 Å². The van der Waals surface area contributed by atoms with Crippen molar-refractivity contribution >= 4 is 0 Å². The van der Waals surface area contributed by atoms with Crippen LogP contribution in [0.25, 0.3) is 0 Å². The first-order valence-electron chi connectivity index (χ1n) is 9.43. The van der Waals surface area contributed by atoms with Gasteiger partial charge in [-0.05, 0) is 87.4 Å². The summed E-state index contributed by atoms with van der Waals surface area (Å²) in [6.07, 6.45) is 14.0. The smallest absolute Gasteiger partial charge is 0.0675 e. The van der Waals surface area contributed by atoms with Crippen LogP contribution in [0.1, 0.15) is 65.2 Å². The van der Waals surface area contributed by atoms with Crippen molar-refractivity contribution < 1.29 is 10.2 Å². The Labute approximate surface area is 135 Å². The maximum Gasteiger partial charge on any atom is 0.0675 e. The number of fused-ring (bicyclic) bond motifs is 5. The standard InChI is InChI=1S/C20H32O2/c1-18-11-8-17-15(16(18)9-12-19(18,2)22)7-6-14-5-3-4-10-20(14,17)13-21/h3-4,14-17,21-22H,5-13H2,1-2H3/t14-,15+,16+,17+,18+,19+,20-/m1/s1. The van der Waals surface area contributed by atoms with Gasteiger partial charge in [-0.1, -0.05) is 19.1 Å². The van der Waals surface area contributed by atoms with Crippen LogP contribution in [0.2, 0.25) is 0 Å². The van der Waals surface area contributed by atoms with Crippen LogP contribution in [0.3, 0.4) is 0 Å². The van der Waals surface area contributed by atoms with Crippen LogP contribution >= 0.6 is 0 Å². The molecule has 2 heteroatoms. The van der Waals surface area contributed by atoms with E-state index in [4.69, 9.17) is 0 Å². The molecule has 0 heterocycles. The molecule has 0 aromatic rings. The summed E-state index contributed by atoms with van der Waals surface area (Å²) in [6, 6.07) is 0. The molecule has 2 N–H and O–H groups in total. The Hall–Kier alpha value is -0.340. The van der Waals surface area contributed by atoms with Crippen LogP contribution in [-0.4, -0.2) is 22.4 Å². The minimum Gasteiger partial charge on any atom is -0.396 e. The summed E-state index contributed by atoms with van der Waals surface area (Å²) in [6.45, 7) is 4.78. The zero-order valence-corrected chi connectivity index (χ0v) is 14.2. The molecule has 4 aliphatic carbocycles. The number of hydrogen-bond acceptors (Lipinski definition) is 2. The fourth-order valence-electron chi connectivity index (χ4n) is 7.18. The van der Waals surface area contributed by atoms with Crippen molar-refractivity contribution in [1.29, 1.82) is 0 Å². The van der Waals surface area contributed by atoms with Gasteiger partial charge in [-0.3, -0.25) is 0 Å². The van der Waals surface area contributed by atoms with E-state index in [-0.39, 0.29) is 10.8 Å². The quantitative estimate of drug-likeness (QED) is 0.721. The van der Waals surface area contributed by atoms with Gasteiger partial charge in [-0.15, -0.1) is 0 Å². The molecule has 0 spiro atoms. The van der Waals surface area contributed by atoms with Gasteiger partial charge in [0.25, 0.3) is 0 Å². The summed E-state index contributed by atoms with van der Waals surface area (Å²) in [5.41, 5.74) is -0.242. The first-order chi connectivity index (χ1) is 10.4. The first-order valence-corrected chi connectivity index (χ1v) is 9.43. The van der Waals surface area contributed by atoms with Gasteiger partial charge in [-0.25, -0.2) is 0 Å². The molecule has 0 amide bonds. The van der Waals surface area contributed by atoms with Gasteiger partial charge in [0.2, 0.25) is 0 Å². The van der Waals surface area contributed by atoms with Crippen molar-refractivity contribution in [3.05, 3.63) is 12.2 Å². The Morgan fingerprint density at radius 2 is 1.77 bits per heavy atom. The molecule has 22 heavy (non-hydrogen) atoms. The average Bonchev–Trinajstić information content (AvgIpc) is 2.77. The van der Waals surface area contributed by atoms with E-state index in [9.17, 15) is 10.2 Å².